The molecule has 0 bridgehead atoms. The highest BCUT2D eigenvalue weighted by molar-refractivity contribution is 7.89. The highest BCUT2D eigenvalue weighted by Crippen LogP contribution is 2.29. The van der Waals surface area contributed by atoms with Crippen LogP contribution in [-0.4, -0.2) is 99.1 Å². The van der Waals surface area contributed by atoms with Crippen molar-refractivity contribution < 1.29 is 13.2 Å². The summed E-state index contributed by atoms with van der Waals surface area (Å²) >= 11 is 1.43. The van der Waals surface area contributed by atoms with Crippen LogP contribution in [0.15, 0.2) is 41.3 Å². The third-order valence-electron chi connectivity index (χ3n) is 7.66. The molecule has 4 aromatic rings. The zero-order valence-corrected chi connectivity index (χ0v) is 24.1. The quantitative estimate of drug-likeness (QED) is 0.210. The molecule has 2 aromatic heterocycles. The summed E-state index contributed by atoms with van der Waals surface area (Å²) in [6.07, 6.45) is 1.72. The fourth-order valence-electron chi connectivity index (χ4n) is 5.38. The SMILES string of the molecule is CN1CCc2nc(C(=O)N3CCN(S(=O)(=O)c4ccc5cc(C(=N)N)ccc5c4)CC3CCc3nn[nH]n3)sc2C1. The van der Waals surface area contributed by atoms with Gasteiger partial charge in [-0.3, -0.25) is 10.2 Å². The van der Waals surface area contributed by atoms with E-state index in [-0.39, 0.29) is 36.3 Å². The highest BCUT2D eigenvalue weighted by Gasteiger charge is 2.38. The first-order valence-corrected chi connectivity index (χ1v) is 15.5. The van der Waals surface area contributed by atoms with E-state index in [4.69, 9.17) is 11.1 Å². The number of piperazine rings is 1. The van der Waals surface area contributed by atoms with Crippen molar-refractivity contribution in [3.63, 3.8) is 0 Å². The molecule has 1 amide bonds. The van der Waals surface area contributed by atoms with Crippen LogP contribution in [0, 0.1) is 5.41 Å². The van der Waals surface area contributed by atoms with Gasteiger partial charge in [-0.05, 0) is 42.4 Å². The molecule has 0 spiro atoms. The number of benzene rings is 2. The number of carbonyl (C=O) groups is 1. The molecule has 1 saturated heterocycles. The van der Waals surface area contributed by atoms with Crippen LogP contribution in [0.2, 0.25) is 0 Å². The fourth-order valence-corrected chi connectivity index (χ4v) is 8.03. The van der Waals surface area contributed by atoms with Crippen LogP contribution in [0.3, 0.4) is 0 Å². The first-order valence-electron chi connectivity index (χ1n) is 13.3. The smallest absolute Gasteiger partial charge is 0.283 e. The maximum absolute atomic E-state index is 13.8. The second kappa shape index (κ2) is 10.9. The van der Waals surface area contributed by atoms with Crippen LogP contribution in [-0.2, 0) is 29.4 Å². The van der Waals surface area contributed by atoms with Gasteiger partial charge < -0.3 is 15.5 Å². The summed E-state index contributed by atoms with van der Waals surface area (Å²) in [6.45, 7) is 2.23. The van der Waals surface area contributed by atoms with Crippen molar-refractivity contribution in [1.29, 1.82) is 5.41 Å². The lowest BCUT2D eigenvalue weighted by Gasteiger charge is -2.40. The number of nitrogens with one attached hydrogen (secondary N) is 2. The molecule has 0 radical (unpaired) electrons. The Bertz CT molecular complexity index is 1720. The molecule has 2 aromatic carbocycles. The number of hydrogen-bond acceptors (Lipinski definition) is 10. The largest absolute Gasteiger partial charge is 0.384 e. The van der Waals surface area contributed by atoms with Gasteiger partial charge in [0.1, 0.15) is 5.84 Å². The van der Waals surface area contributed by atoms with Crippen molar-refractivity contribution in [1.82, 2.24) is 39.7 Å². The summed E-state index contributed by atoms with van der Waals surface area (Å²) in [7, 11) is -1.79. The Balaban J connectivity index is 1.25. The van der Waals surface area contributed by atoms with Gasteiger partial charge in [-0.1, -0.05) is 23.4 Å². The standard InChI is InChI=1S/C26H30N10O3S2/c1-34-9-8-21-22(15-34)40-25(29-21)26(37)36-11-10-35(14-19(36)5-7-23-30-32-33-31-23)41(38,39)20-6-4-16-12-18(24(27)28)3-2-17(16)13-20/h2-4,6,12-13,19H,5,7-11,14-15H2,1H3,(H3,27,28)(H,30,31,32,33). The molecule has 0 aliphatic carbocycles. The number of fused-ring (bicyclic) bond motifs is 2. The summed E-state index contributed by atoms with van der Waals surface area (Å²) in [6, 6.07) is 9.77. The van der Waals surface area contributed by atoms with Gasteiger partial charge in [0.15, 0.2) is 10.8 Å². The molecule has 214 valence electrons. The number of sulfonamides is 1. The lowest BCUT2D eigenvalue weighted by molar-refractivity contribution is 0.0550. The molecule has 2 aliphatic rings. The van der Waals surface area contributed by atoms with Gasteiger partial charge in [-0.25, -0.2) is 13.4 Å². The van der Waals surface area contributed by atoms with Gasteiger partial charge in [-0.2, -0.15) is 9.52 Å². The minimum absolute atomic E-state index is 0.0480. The normalized spacial score (nSPS) is 18.5. The van der Waals surface area contributed by atoms with Gasteiger partial charge in [0.2, 0.25) is 10.0 Å². The lowest BCUT2D eigenvalue weighted by Crippen LogP contribution is -2.56. The third-order valence-corrected chi connectivity index (χ3v) is 10.6. The van der Waals surface area contributed by atoms with Crippen LogP contribution in [0.4, 0.5) is 0 Å². The van der Waals surface area contributed by atoms with E-state index in [0.717, 1.165) is 40.9 Å². The van der Waals surface area contributed by atoms with Gasteiger partial charge >= 0.3 is 0 Å². The van der Waals surface area contributed by atoms with E-state index in [2.05, 4.69) is 37.6 Å². The van der Waals surface area contributed by atoms with Crippen molar-refractivity contribution in [3.8, 4) is 0 Å². The van der Waals surface area contributed by atoms with Crippen LogP contribution >= 0.6 is 11.3 Å². The van der Waals surface area contributed by atoms with Crippen LogP contribution in [0.25, 0.3) is 10.8 Å². The van der Waals surface area contributed by atoms with Crippen LogP contribution in [0.1, 0.15) is 38.2 Å². The monoisotopic (exact) mass is 594 g/mol. The molecule has 6 rings (SSSR count). The van der Waals surface area contributed by atoms with Crippen molar-refractivity contribution >= 4 is 43.9 Å². The van der Waals surface area contributed by atoms with E-state index in [1.807, 2.05) is 0 Å². The molecule has 4 N–H and O–H groups in total. The number of hydrogen-bond donors (Lipinski definition) is 3. The molecule has 2 aliphatic heterocycles. The van der Waals surface area contributed by atoms with Gasteiger partial charge in [0, 0.05) is 62.0 Å². The second-order valence-electron chi connectivity index (χ2n) is 10.4. The van der Waals surface area contributed by atoms with Crippen molar-refractivity contribution in [2.45, 2.75) is 36.7 Å². The molecule has 15 heteroatoms. The average Bonchev–Trinajstić information content (AvgIpc) is 3.65. The second-order valence-corrected chi connectivity index (χ2v) is 13.4. The van der Waals surface area contributed by atoms with E-state index >= 15 is 0 Å². The Kier molecular flexibility index (Phi) is 7.27. The Labute approximate surface area is 240 Å². The summed E-state index contributed by atoms with van der Waals surface area (Å²) in [5.41, 5.74) is 7.16. The number of amidine groups is 1. The van der Waals surface area contributed by atoms with Crippen molar-refractivity contribution in [3.05, 3.63) is 63.4 Å². The van der Waals surface area contributed by atoms with E-state index in [1.165, 1.54) is 15.6 Å². The first-order chi connectivity index (χ1) is 19.7. The summed E-state index contributed by atoms with van der Waals surface area (Å²) in [4.78, 5) is 23.7. The number of thiazole rings is 1. The number of carbonyl (C=O) groups excluding carboxylic acids is 1. The number of rotatable bonds is 7. The summed E-state index contributed by atoms with van der Waals surface area (Å²) in [5, 5.41) is 23.7. The topological polar surface area (TPSA) is 178 Å². The maximum atomic E-state index is 13.8. The number of nitrogen functional groups attached to an aromatic ring is 1. The molecule has 41 heavy (non-hydrogen) atoms. The number of tetrazole rings is 1. The number of nitrogens with two attached hydrogens (primary N) is 1. The lowest BCUT2D eigenvalue weighted by atomic mass is 10.1. The van der Waals surface area contributed by atoms with Crippen LogP contribution < -0.4 is 5.73 Å². The Morgan fingerprint density at radius 2 is 1.98 bits per heavy atom. The zero-order chi connectivity index (χ0) is 28.7. The molecule has 1 atom stereocenters. The Morgan fingerprint density at radius 1 is 1.17 bits per heavy atom. The minimum Gasteiger partial charge on any atom is -0.384 e. The predicted octanol–water partition coefficient (Wildman–Crippen LogP) is 1.23. The number of nitrogens with zero attached hydrogens (tertiary/aromatic N) is 7. The molecular formula is C26H30N10O3S2. The number of H-pyrrole nitrogens is 1. The predicted molar refractivity (Wildman–Crippen MR) is 153 cm³/mol. The minimum atomic E-state index is -3.85. The molecule has 1 fully saturated rings. The number of likely N-dealkylation sites (N-methyl/N-ethyl adjacent to an activating group) is 1. The Hall–Kier alpha value is -3.79. The molecule has 1 unspecified atom stereocenters. The first kappa shape index (κ1) is 27.4. The average molecular weight is 595 g/mol. The number of aromatic amines is 1. The molecule has 4 heterocycles. The Morgan fingerprint density at radius 3 is 2.76 bits per heavy atom. The van der Waals surface area contributed by atoms with E-state index in [0.29, 0.717) is 29.2 Å². The van der Waals surface area contributed by atoms with Gasteiger partial charge in [-0.15, -0.1) is 21.5 Å². The summed E-state index contributed by atoms with van der Waals surface area (Å²) < 4.78 is 29.1. The number of aryl methyl sites for hydroxylation is 1. The van der Waals surface area contributed by atoms with E-state index in [1.54, 1.807) is 41.3 Å². The molecule has 0 saturated carbocycles. The maximum Gasteiger partial charge on any atom is 0.283 e. The molecule has 13 nitrogen and oxygen atoms in total. The van der Waals surface area contributed by atoms with E-state index in [9.17, 15) is 13.2 Å². The third kappa shape index (κ3) is 5.45. The fraction of sp³-hybridized carbons (Fsp3) is 0.385. The van der Waals surface area contributed by atoms with Crippen molar-refractivity contribution in [2.24, 2.45) is 5.73 Å². The van der Waals surface area contributed by atoms with Gasteiger partial charge in [0.25, 0.3) is 5.91 Å². The zero-order valence-electron chi connectivity index (χ0n) is 22.4. The van der Waals surface area contributed by atoms with E-state index < -0.39 is 16.1 Å². The summed E-state index contributed by atoms with van der Waals surface area (Å²) in [5.74, 6) is 0.284. The molecular weight excluding hydrogens is 564 g/mol. The highest BCUT2D eigenvalue weighted by atomic mass is 32.2. The van der Waals surface area contributed by atoms with Crippen molar-refractivity contribution in [2.75, 3.05) is 33.2 Å². The number of aromatic nitrogens is 5. The number of amides is 1. The van der Waals surface area contributed by atoms with Gasteiger partial charge in [0.05, 0.1) is 10.6 Å². The van der Waals surface area contributed by atoms with Crippen LogP contribution in [0.5, 0.6) is 0 Å².